The van der Waals surface area contributed by atoms with E-state index >= 15 is 0 Å². The Balaban J connectivity index is 2.30. The molecule has 0 aliphatic carbocycles. The number of hydrogen-bond acceptors (Lipinski definition) is 3. The lowest BCUT2D eigenvalue weighted by atomic mass is 10.0. The second-order valence-electron chi connectivity index (χ2n) is 4.65. The smallest absolute Gasteiger partial charge is 0.118 e. The zero-order valence-corrected chi connectivity index (χ0v) is 11.5. The molecule has 18 heavy (non-hydrogen) atoms. The highest BCUT2D eigenvalue weighted by Crippen LogP contribution is 2.12. The zero-order valence-electron chi connectivity index (χ0n) is 11.5. The summed E-state index contributed by atoms with van der Waals surface area (Å²) in [6.45, 7) is 4.32. The molecule has 1 rings (SSSR count). The van der Waals surface area contributed by atoms with Gasteiger partial charge >= 0.3 is 0 Å². The molecule has 0 fully saturated rings. The number of aliphatic hydroxyl groups is 1. The van der Waals surface area contributed by atoms with Gasteiger partial charge in [0.1, 0.15) is 5.75 Å². The lowest BCUT2D eigenvalue weighted by molar-refractivity contribution is 0.248. The van der Waals surface area contributed by atoms with E-state index in [1.54, 1.807) is 7.11 Å². The van der Waals surface area contributed by atoms with Gasteiger partial charge in [-0.15, -0.1) is 0 Å². The van der Waals surface area contributed by atoms with Gasteiger partial charge in [0, 0.05) is 13.2 Å². The van der Waals surface area contributed by atoms with Crippen molar-refractivity contribution in [2.45, 2.75) is 32.7 Å². The van der Waals surface area contributed by atoms with Crippen LogP contribution in [0.3, 0.4) is 0 Å². The topological polar surface area (TPSA) is 41.5 Å². The molecule has 1 unspecified atom stereocenters. The summed E-state index contributed by atoms with van der Waals surface area (Å²) in [6, 6.07) is 8.11. The number of nitrogens with one attached hydrogen (secondary N) is 1. The molecule has 0 bridgehead atoms. The van der Waals surface area contributed by atoms with Crippen LogP contribution in [0.1, 0.15) is 31.7 Å². The van der Waals surface area contributed by atoms with Crippen LogP contribution in [0, 0.1) is 5.92 Å². The van der Waals surface area contributed by atoms with E-state index in [9.17, 15) is 0 Å². The monoisotopic (exact) mass is 251 g/mol. The molecule has 0 aliphatic rings. The van der Waals surface area contributed by atoms with E-state index < -0.39 is 0 Å². The average Bonchev–Trinajstić information content (AvgIpc) is 2.40. The first-order valence-electron chi connectivity index (χ1n) is 6.74. The second-order valence-corrected chi connectivity index (χ2v) is 4.65. The third-order valence-electron chi connectivity index (χ3n) is 3.16. The third-order valence-corrected chi connectivity index (χ3v) is 3.16. The fourth-order valence-corrected chi connectivity index (χ4v) is 2.10. The molecule has 0 heterocycles. The molecule has 102 valence electrons. The first-order chi connectivity index (χ1) is 8.80. The molecule has 0 aliphatic heterocycles. The van der Waals surface area contributed by atoms with Crippen LogP contribution < -0.4 is 10.1 Å². The van der Waals surface area contributed by atoms with Gasteiger partial charge < -0.3 is 15.2 Å². The van der Waals surface area contributed by atoms with Gasteiger partial charge in [0.15, 0.2) is 0 Å². The molecular formula is C15H25NO2. The predicted octanol–water partition coefficient (Wildman–Crippen LogP) is 2.58. The Morgan fingerprint density at radius 1 is 1.22 bits per heavy atom. The van der Waals surface area contributed by atoms with Crippen LogP contribution in [0.2, 0.25) is 0 Å². The van der Waals surface area contributed by atoms with Crippen molar-refractivity contribution >= 4 is 0 Å². The van der Waals surface area contributed by atoms with Crippen molar-refractivity contribution in [3.8, 4) is 5.75 Å². The van der Waals surface area contributed by atoms with Crippen LogP contribution in [-0.2, 0) is 6.54 Å². The first-order valence-corrected chi connectivity index (χ1v) is 6.74. The van der Waals surface area contributed by atoms with Crippen molar-refractivity contribution in [1.82, 2.24) is 5.32 Å². The highest BCUT2D eigenvalue weighted by atomic mass is 16.5. The van der Waals surface area contributed by atoms with Crippen LogP contribution >= 0.6 is 0 Å². The van der Waals surface area contributed by atoms with Crippen LogP contribution in [0.4, 0.5) is 0 Å². The quantitative estimate of drug-likeness (QED) is 0.709. The van der Waals surface area contributed by atoms with Crippen molar-refractivity contribution in [2.75, 3.05) is 20.3 Å². The van der Waals surface area contributed by atoms with Gasteiger partial charge in [-0.1, -0.05) is 25.5 Å². The van der Waals surface area contributed by atoms with Gasteiger partial charge in [-0.25, -0.2) is 0 Å². The minimum Gasteiger partial charge on any atom is -0.497 e. The van der Waals surface area contributed by atoms with Gasteiger partial charge in [-0.05, 0) is 43.0 Å². The number of benzene rings is 1. The summed E-state index contributed by atoms with van der Waals surface area (Å²) in [5.41, 5.74) is 1.26. The Morgan fingerprint density at radius 3 is 2.50 bits per heavy atom. The van der Waals surface area contributed by atoms with E-state index in [4.69, 9.17) is 9.84 Å². The maximum absolute atomic E-state index is 9.00. The largest absolute Gasteiger partial charge is 0.497 e. The molecule has 0 aromatic heterocycles. The summed E-state index contributed by atoms with van der Waals surface area (Å²) >= 11 is 0. The Kier molecular flexibility index (Phi) is 7.46. The van der Waals surface area contributed by atoms with Gasteiger partial charge in [0.05, 0.1) is 7.11 Å². The predicted molar refractivity (Wildman–Crippen MR) is 74.8 cm³/mol. The minimum atomic E-state index is 0.287. The Morgan fingerprint density at radius 2 is 1.94 bits per heavy atom. The molecule has 1 aromatic carbocycles. The Bertz CT molecular complexity index is 305. The lowest BCUT2D eigenvalue weighted by Crippen LogP contribution is -2.23. The Hall–Kier alpha value is -1.06. The van der Waals surface area contributed by atoms with Gasteiger partial charge in [0.25, 0.3) is 0 Å². The van der Waals surface area contributed by atoms with Gasteiger partial charge in [-0.2, -0.15) is 0 Å². The summed E-state index contributed by atoms with van der Waals surface area (Å²) in [4.78, 5) is 0. The fourth-order valence-electron chi connectivity index (χ4n) is 2.10. The Labute approximate surface area is 110 Å². The highest BCUT2D eigenvalue weighted by Gasteiger charge is 2.06. The minimum absolute atomic E-state index is 0.287. The van der Waals surface area contributed by atoms with Gasteiger partial charge in [-0.3, -0.25) is 0 Å². The molecule has 0 radical (unpaired) electrons. The lowest BCUT2D eigenvalue weighted by Gasteiger charge is -2.15. The third kappa shape index (κ3) is 5.52. The van der Waals surface area contributed by atoms with Crippen molar-refractivity contribution in [2.24, 2.45) is 5.92 Å². The molecule has 0 saturated carbocycles. The summed E-state index contributed by atoms with van der Waals surface area (Å²) < 4.78 is 5.13. The molecule has 0 saturated heterocycles. The number of methoxy groups -OCH3 is 1. The highest BCUT2D eigenvalue weighted by molar-refractivity contribution is 5.26. The van der Waals surface area contributed by atoms with E-state index in [-0.39, 0.29) is 6.61 Å². The summed E-state index contributed by atoms with van der Waals surface area (Å²) in [7, 11) is 1.68. The summed E-state index contributed by atoms with van der Waals surface area (Å²) in [6.07, 6.45) is 3.24. The molecule has 1 atom stereocenters. The molecule has 0 amide bonds. The average molecular weight is 251 g/mol. The van der Waals surface area contributed by atoms with Crippen LogP contribution in [0.5, 0.6) is 5.75 Å². The molecular weight excluding hydrogens is 226 g/mol. The number of ether oxygens (including phenoxy) is 1. The van der Waals surface area contributed by atoms with Gasteiger partial charge in [0.2, 0.25) is 0 Å². The van der Waals surface area contributed by atoms with Crippen molar-refractivity contribution in [3.63, 3.8) is 0 Å². The van der Waals surface area contributed by atoms with Crippen molar-refractivity contribution < 1.29 is 9.84 Å². The van der Waals surface area contributed by atoms with E-state index in [0.717, 1.165) is 25.3 Å². The second kappa shape index (κ2) is 8.95. The number of aliphatic hydroxyl groups excluding tert-OH is 1. The zero-order chi connectivity index (χ0) is 13.2. The standard InChI is InChI=1S/C15H25NO2/c1-3-4-13(9-10-17)11-16-12-14-5-7-15(18-2)8-6-14/h5-8,13,16-17H,3-4,9-12H2,1-2H3. The van der Waals surface area contributed by atoms with Crippen molar-refractivity contribution in [3.05, 3.63) is 29.8 Å². The van der Waals surface area contributed by atoms with Crippen LogP contribution in [0.15, 0.2) is 24.3 Å². The van der Waals surface area contributed by atoms with Crippen molar-refractivity contribution in [1.29, 1.82) is 0 Å². The number of rotatable bonds is 9. The normalized spacial score (nSPS) is 12.4. The van der Waals surface area contributed by atoms with Crippen LogP contribution in [-0.4, -0.2) is 25.4 Å². The van der Waals surface area contributed by atoms with E-state index in [0.29, 0.717) is 5.92 Å². The maximum atomic E-state index is 9.00. The molecule has 3 nitrogen and oxygen atoms in total. The number of hydrogen-bond donors (Lipinski definition) is 2. The fraction of sp³-hybridized carbons (Fsp3) is 0.600. The first kappa shape index (κ1) is 15.0. The molecule has 1 aromatic rings. The van der Waals surface area contributed by atoms with E-state index in [2.05, 4.69) is 24.4 Å². The van der Waals surface area contributed by atoms with E-state index in [1.807, 2.05) is 12.1 Å². The SMILES string of the molecule is CCCC(CCO)CNCc1ccc(OC)cc1. The summed E-state index contributed by atoms with van der Waals surface area (Å²) in [5.74, 6) is 1.47. The maximum Gasteiger partial charge on any atom is 0.118 e. The summed E-state index contributed by atoms with van der Waals surface area (Å²) in [5, 5.41) is 12.5. The molecule has 3 heteroatoms. The molecule has 2 N–H and O–H groups in total. The van der Waals surface area contributed by atoms with Crippen LogP contribution in [0.25, 0.3) is 0 Å². The van der Waals surface area contributed by atoms with E-state index in [1.165, 1.54) is 18.4 Å². The molecule has 0 spiro atoms.